The lowest BCUT2D eigenvalue weighted by atomic mass is 10.1. The predicted molar refractivity (Wildman–Crippen MR) is 119 cm³/mol. The molecule has 3 aromatic rings. The molecule has 0 radical (unpaired) electrons. The zero-order valence-electron chi connectivity index (χ0n) is 17.6. The number of carbonyl (C=O) groups excluding carboxylic acids is 3. The second kappa shape index (κ2) is 9.73. The number of rotatable bonds is 6. The summed E-state index contributed by atoms with van der Waals surface area (Å²) in [6.07, 6.45) is -0.805. The molecule has 0 unspecified atom stereocenters. The summed E-state index contributed by atoms with van der Waals surface area (Å²) in [5.41, 5.74) is 1.93. The zero-order chi connectivity index (χ0) is 23.2. The Morgan fingerprint density at radius 2 is 1.36 bits per heavy atom. The molecule has 9 nitrogen and oxygen atoms in total. The standard InChI is InChI=1S/C24H20N2O7/c1-2-30-24(29)33-19-10-3-15(4-11-19)22(27)25-17-6-8-18(9-7-17)26-23(28)16-5-12-20-21(13-16)32-14-31-20/h3-13H,2,14H2,1H3,(H,25,27)(H,26,28). The van der Waals surface area contributed by atoms with E-state index >= 15 is 0 Å². The summed E-state index contributed by atoms with van der Waals surface area (Å²) in [6, 6.07) is 17.7. The summed E-state index contributed by atoms with van der Waals surface area (Å²) >= 11 is 0. The van der Waals surface area contributed by atoms with Crippen LogP contribution in [0.4, 0.5) is 16.2 Å². The van der Waals surface area contributed by atoms with Crippen LogP contribution in [0.5, 0.6) is 17.2 Å². The van der Waals surface area contributed by atoms with E-state index in [0.29, 0.717) is 34.0 Å². The molecule has 0 fully saturated rings. The van der Waals surface area contributed by atoms with Gasteiger partial charge in [-0.3, -0.25) is 9.59 Å². The first kappa shape index (κ1) is 21.7. The highest BCUT2D eigenvalue weighted by atomic mass is 16.7. The van der Waals surface area contributed by atoms with Crippen molar-refractivity contribution < 1.29 is 33.3 Å². The molecule has 3 aromatic carbocycles. The molecule has 0 saturated heterocycles. The van der Waals surface area contributed by atoms with Gasteiger partial charge in [-0.25, -0.2) is 4.79 Å². The van der Waals surface area contributed by atoms with Gasteiger partial charge in [0.05, 0.1) is 6.61 Å². The lowest BCUT2D eigenvalue weighted by Gasteiger charge is -2.09. The Hall–Kier alpha value is -4.53. The summed E-state index contributed by atoms with van der Waals surface area (Å²) in [6.45, 7) is 2.02. The second-order valence-electron chi connectivity index (χ2n) is 6.86. The van der Waals surface area contributed by atoms with Crippen molar-refractivity contribution in [2.45, 2.75) is 6.92 Å². The summed E-state index contributed by atoms with van der Waals surface area (Å²) in [4.78, 5) is 36.3. The minimum atomic E-state index is -0.805. The molecule has 168 valence electrons. The van der Waals surface area contributed by atoms with Gasteiger partial charge < -0.3 is 29.6 Å². The Morgan fingerprint density at radius 3 is 2.00 bits per heavy atom. The lowest BCUT2D eigenvalue weighted by molar-refractivity contribution is 0.101. The molecule has 2 amide bonds. The van der Waals surface area contributed by atoms with E-state index in [4.69, 9.17) is 18.9 Å². The molecule has 9 heteroatoms. The van der Waals surface area contributed by atoms with E-state index in [2.05, 4.69) is 10.6 Å². The van der Waals surface area contributed by atoms with E-state index in [9.17, 15) is 14.4 Å². The van der Waals surface area contributed by atoms with Crippen LogP contribution in [0.2, 0.25) is 0 Å². The maximum absolute atomic E-state index is 12.5. The van der Waals surface area contributed by atoms with Crippen LogP contribution in [0.15, 0.2) is 66.7 Å². The lowest BCUT2D eigenvalue weighted by Crippen LogP contribution is -2.13. The molecule has 0 atom stereocenters. The van der Waals surface area contributed by atoms with Crippen LogP contribution in [-0.4, -0.2) is 31.4 Å². The third-order valence-electron chi connectivity index (χ3n) is 4.62. The molecule has 4 rings (SSSR count). The number of anilines is 2. The van der Waals surface area contributed by atoms with Crippen LogP contribution in [0.3, 0.4) is 0 Å². The summed E-state index contributed by atoms with van der Waals surface area (Å²) in [5.74, 6) is 0.770. The van der Waals surface area contributed by atoms with Gasteiger partial charge in [-0.15, -0.1) is 0 Å². The number of fused-ring (bicyclic) bond motifs is 1. The van der Waals surface area contributed by atoms with E-state index in [0.717, 1.165) is 0 Å². The fraction of sp³-hybridized carbons (Fsp3) is 0.125. The maximum atomic E-state index is 12.5. The third-order valence-corrected chi connectivity index (χ3v) is 4.62. The minimum absolute atomic E-state index is 0.138. The van der Waals surface area contributed by atoms with E-state index in [1.807, 2.05) is 0 Å². The Balaban J connectivity index is 1.33. The van der Waals surface area contributed by atoms with Crippen molar-refractivity contribution >= 4 is 29.3 Å². The minimum Gasteiger partial charge on any atom is -0.454 e. The van der Waals surface area contributed by atoms with Gasteiger partial charge in [0.15, 0.2) is 11.5 Å². The van der Waals surface area contributed by atoms with Gasteiger partial charge in [-0.1, -0.05) is 0 Å². The van der Waals surface area contributed by atoms with Gasteiger partial charge in [-0.05, 0) is 73.7 Å². The molecule has 1 aliphatic rings. The average Bonchev–Trinajstić information content (AvgIpc) is 3.29. The summed E-state index contributed by atoms with van der Waals surface area (Å²) in [5, 5.41) is 5.56. The largest absolute Gasteiger partial charge is 0.513 e. The van der Waals surface area contributed by atoms with E-state index in [1.165, 1.54) is 24.3 Å². The molecule has 2 N–H and O–H groups in total. The van der Waals surface area contributed by atoms with Crippen LogP contribution in [-0.2, 0) is 4.74 Å². The van der Waals surface area contributed by atoms with Crippen molar-refractivity contribution in [1.29, 1.82) is 0 Å². The fourth-order valence-corrected chi connectivity index (χ4v) is 3.00. The van der Waals surface area contributed by atoms with E-state index < -0.39 is 6.16 Å². The fourth-order valence-electron chi connectivity index (χ4n) is 3.00. The number of benzene rings is 3. The van der Waals surface area contributed by atoms with Gasteiger partial charge in [-0.2, -0.15) is 0 Å². The Kier molecular flexibility index (Phi) is 6.40. The predicted octanol–water partition coefficient (Wildman–Crippen LogP) is 4.46. The van der Waals surface area contributed by atoms with Crippen LogP contribution >= 0.6 is 0 Å². The molecule has 0 spiro atoms. The van der Waals surface area contributed by atoms with E-state index in [1.54, 1.807) is 49.4 Å². The van der Waals surface area contributed by atoms with Crippen LogP contribution < -0.4 is 24.8 Å². The van der Waals surface area contributed by atoms with Crippen molar-refractivity contribution in [1.82, 2.24) is 0 Å². The van der Waals surface area contributed by atoms with Crippen molar-refractivity contribution in [2.24, 2.45) is 0 Å². The molecule has 0 saturated carbocycles. The molecule has 1 heterocycles. The number of amides is 2. The second-order valence-corrected chi connectivity index (χ2v) is 6.86. The number of hydrogen-bond donors (Lipinski definition) is 2. The molecule has 0 bridgehead atoms. The molecule has 33 heavy (non-hydrogen) atoms. The van der Waals surface area contributed by atoms with Crippen molar-refractivity contribution in [3.63, 3.8) is 0 Å². The summed E-state index contributed by atoms with van der Waals surface area (Å²) < 4.78 is 20.2. The highest BCUT2D eigenvalue weighted by Crippen LogP contribution is 2.32. The highest BCUT2D eigenvalue weighted by Gasteiger charge is 2.16. The van der Waals surface area contributed by atoms with Gasteiger partial charge in [0.1, 0.15) is 5.75 Å². The zero-order valence-corrected chi connectivity index (χ0v) is 17.6. The van der Waals surface area contributed by atoms with Gasteiger partial charge in [0.25, 0.3) is 11.8 Å². The Morgan fingerprint density at radius 1 is 0.788 bits per heavy atom. The van der Waals surface area contributed by atoms with Gasteiger partial charge in [0.2, 0.25) is 6.79 Å². The first-order valence-corrected chi connectivity index (χ1v) is 10.1. The number of nitrogens with one attached hydrogen (secondary N) is 2. The topological polar surface area (TPSA) is 112 Å². The SMILES string of the molecule is CCOC(=O)Oc1ccc(C(=O)Nc2ccc(NC(=O)c3ccc4c(c3)OCO4)cc2)cc1. The number of hydrogen-bond acceptors (Lipinski definition) is 7. The average molecular weight is 448 g/mol. The van der Waals surface area contributed by atoms with Gasteiger partial charge in [0, 0.05) is 22.5 Å². The van der Waals surface area contributed by atoms with Crippen molar-refractivity contribution in [3.05, 3.63) is 77.9 Å². The molecular weight excluding hydrogens is 428 g/mol. The van der Waals surface area contributed by atoms with Crippen LogP contribution in [0.25, 0.3) is 0 Å². The van der Waals surface area contributed by atoms with Crippen LogP contribution in [0.1, 0.15) is 27.6 Å². The third kappa shape index (κ3) is 5.40. The first-order chi connectivity index (χ1) is 16.0. The first-order valence-electron chi connectivity index (χ1n) is 10.1. The van der Waals surface area contributed by atoms with Crippen molar-refractivity contribution in [3.8, 4) is 17.2 Å². The molecular formula is C24H20N2O7. The normalized spacial score (nSPS) is 11.4. The smallest absolute Gasteiger partial charge is 0.454 e. The molecule has 0 aromatic heterocycles. The Labute approximate surface area is 189 Å². The van der Waals surface area contributed by atoms with Crippen LogP contribution in [0, 0.1) is 0 Å². The Bertz CT molecular complexity index is 1170. The van der Waals surface area contributed by atoms with E-state index in [-0.39, 0.29) is 31.0 Å². The summed E-state index contributed by atoms with van der Waals surface area (Å²) in [7, 11) is 0. The molecule has 0 aliphatic carbocycles. The monoisotopic (exact) mass is 448 g/mol. The van der Waals surface area contributed by atoms with Gasteiger partial charge >= 0.3 is 6.16 Å². The highest BCUT2D eigenvalue weighted by molar-refractivity contribution is 6.06. The molecule has 1 aliphatic heterocycles. The quantitative estimate of drug-likeness (QED) is 0.423. The number of ether oxygens (including phenoxy) is 4. The van der Waals surface area contributed by atoms with Crippen molar-refractivity contribution in [2.75, 3.05) is 24.0 Å². The number of carbonyl (C=O) groups is 3. The maximum Gasteiger partial charge on any atom is 0.513 e.